The van der Waals surface area contributed by atoms with E-state index < -0.39 is 0 Å². The number of pyridine rings is 2. The minimum absolute atomic E-state index is 0.271. The van der Waals surface area contributed by atoms with Gasteiger partial charge < -0.3 is 10.1 Å². The summed E-state index contributed by atoms with van der Waals surface area (Å²) in [5.41, 5.74) is 11.9. The van der Waals surface area contributed by atoms with Crippen LogP contribution >= 0.6 is 0 Å². The molecular formula is C19H15FN4. The molecular weight excluding hydrogens is 303 g/mol. The first-order valence-electron chi connectivity index (χ1n) is 7.57. The van der Waals surface area contributed by atoms with Crippen LogP contribution in [-0.2, 0) is 0 Å². The summed E-state index contributed by atoms with van der Waals surface area (Å²) in [5.74, 6) is -0.271. The zero-order chi connectivity index (χ0) is 16.7. The molecule has 0 bridgehead atoms. The molecule has 0 saturated carbocycles. The molecule has 0 saturated heterocycles. The summed E-state index contributed by atoms with van der Waals surface area (Å²) in [7, 11) is 0. The molecule has 24 heavy (non-hydrogen) atoms. The zero-order valence-corrected chi connectivity index (χ0v) is 13.1. The number of imidazole rings is 1. The Bertz CT molecular complexity index is 1040. The van der Waals surface area contributed by atoms with Crippen molar-refractivity contribution >= 4 is 11.3 Å². The lowest BCUT2D eigenvalue weighted by atomic mass is 10.00. The largest absolute Gasteiger partial charge is 0.397 e. The Kier molecular flexibility index (Phi) is 3.27. The van der Waals surface area contributed by atoms with Crippen LogP contribution in [0.1, 0.15) is 5.69 Å². The van der Waals surface area contributed by atoms with Crippen LogP contribution in [0.5, 0.6) is 0 Å². The van der Waals surface area contributed by atoms with Crippen molar-refractivity contribution in [1.29, 1.82) is 0 Å². The lowest BCUT2D eigenvalue weighted by Crippen LogP contribution is -1.96. The second-order valence-corrected chi connectivity index (χ2v) is 5.72. The highest BCUT2D eigenvalue weighted by atomic mass is 19.1. The smallest absolute Gasteiger partial charge is 0.136 e. The second kappa shape index (κ2) is 5.45. The van der Waals surface area contributed by atoms with Crippen LogP contribution in [-0.4, -0.2) is 14.4 Å². The lowest BCUT2D eigenvalue weighted by molar-refractivity contribution is 0.628. The highest BCUT2D eigenvalue weighted by molar-refractivity contribution is 5.82. The fraction of sp³-hybridized carbons (Fsp3) is 0.0526. The number of hydrogen-bond acceptors (Lipinski definition) is 3. The van der Waals surface area contributed by atoms with E-state index in [0.29, 0.717) is 5.69 Å². The Morgan fingerprint density at radius 1 is 0.958 bits per heavy atom. The van der Waals surface area contributed by atoms with Gasteiger partial charge >= 0.3 is 0 Å². The fourth-order valence-electron chi connectivity index (χ4n) is 2.80. The van der Waals surface area contributed by atoms with E-state index in [9.17, 15) is 4.39 Å². The molecule has 4 rings (SSSR count). The van der Waals surface area contributed by atoms with E-state index in [1.54, 1.807) is 18.3 Å². The van der Waals surface area contributed by atoms with Crippen LogP contribution in [0.15, 0.2) is 61.1 Å². The standard InChI is InChI=1S/C19H15FN4/c1-12-9-22-18-7-4-14(11-24(12)18)19-17(8-16(21)10-23-19)13-2-5-15(20)6-3-13/h2-11H,21H2,1H3. The molecule has 0 aliphatic heterocycles. The van der Waals surface area contributed by atoms with Gasteiger partial charge in [0.1, 0.15) is 11.5 Å². The summed E-state index contributed by atoms with van der Waals surface area (Å²) in [5, 5.41) is 0. The van der Waals surface area contributed by atoms with Crippen LogP contribution in [0, 0.1) is 12.7 Å². The maximum absolute atomic E-state index is 13.2. The third-order valence-electron chi connectivity index (χ3n) is 4.03. The van der Waals surface area contributed by atoms with Gasteiger partial charge in [-0.25, -0.2) is 9.37 Å². The number of benzene rings is 1. The Balaban J connectivity index is 1.93. The molecule has 0 amide bonds. The van der Waals surface area contributed by atoms with E-state index in [2.05, 4.69) is 9.97 Å². The number of aryl methyl sites for hydroxylation is 1. The van der Waals surface area contributed by atoms with Crippen LogP contribution in [0.3, 0.4) is 0 Å². The van der Waals surface area contributed by atoms with Crippen molar-refractivity contribution in [3.05, 3.63) is 72.6 Å². The Morgan fingerprint density at radius 2 is 1.71 bits per heavy atom. The van der Waals surface area contributed by atoms with Gasteiger partial charge in [-0.05, 0) is 42.8 Å². The predicted molar refractivity (Wildman–Crippen MR) is 93.0 cm³/mol. The second-order valence-electron chi connectivity index (χ2n) is 5.72. The number of rotatable bonds is 2. The molecule has 1 aromatic carbocycles. The average molecular weight is 318 g/mol. The lowest BCUT2D eigenvalue weighted by Gasteiger charge is -2.11. The van der Waals surface area contributed by atoms with Gasteiger partial charge in [-0.15, -0.1) is 0 Å². The third kappa shape index (κ3) is 2.40. The van der Waals surface area contributed by atoms with E-state index in [4.69, 9.17) is 5.73 Å². The molecule has 0 unspecified atom stereocenters. The van der Waals surface area contributed by atoms with Crippen LogP contribution in [0.4, 0.5) is 10.1 Å². The molecule has 5 heteroatoms. The number of halogens is 1. The molecule has 3 heterocycles. The van der Waals surface area contributed by atoms with Gasteiger partial charge in [-0.3, -0.25) is 4.98 Å². The maximum atomic E-state index is 13.2. The van der Waals surface area contributed by atoms with Gasteiger partial charge in [0.25, 0.3) is 0 Å². The maximum Gasteiger partial charge on any atom is 0.136 e. The molecule has 4 aromatic rings. The van der Waals surface area contributed by atoms with Gasteiger partial charge in [-0.1, -0.05) is 12.1 Å². The molecule has 0 fully saturated rings. The van der Waals surface area contributed by atoms with Crippen LogP contribution < -0.4 is 5.73 Å². The number of anilines is 1. The number of nitrogens with zero attached hydrogens (tertiary/aromatic N) is 3. The van der Waals surface area contributed by atoms with Gasteiger partial charge in [0.05, 0.1) is 17.6 Å². The van der Waals surface area contributed by atoms with Crippen LogP contribution in [0.25, 0.3) is 28.0 Å². The average Bonchev–Trinajstić information content (AvgIpc) is 2.96. The molecule has 3 aromatic heterocycles. The number of fused-ring (bicyclic) bond motifs is 1. The van der Waals surface area contributed by atoms with E-state index >= 15 is 0 Å². The van der Waals surface area contributed by atoms with E-state index in [1.165, 1.54) is 12.1 Å². The monoisotopic (exact) mass is 318 g/mol. The molecule has 0 aliphatic rings. The van der Waals surface area contributed by atoms with Crippen molar-refractivity contribution in [2.45, 2.75) is 6.92 Å². The summed E-state index contributed by atoms with van der Waals surface area (Å²) < 4.78 is 15.3. The highest BCUT2D eigenvalue weighted by Gasteiger charge is 2.11. The zero-order valence-electron chi connectivity index (χ0n) is 13.1. The van der Waals surface area contributed by atoms with Crippen molar-refractivity contribution < 1.29 is 4.39 Å². The number of hydrogen-bond donors (Lipinski definition) is 1. The number of nitrogens with two attached hydrogens (primary N) is 1. The van der Waals surface area contributed by atoms with Gasteiger partial charge in [0.15, 0.2) is 0 Å². The van der Waals surface area contributed by atoms with E-state index in [1.807, 2.05) is 41.9 Å². The van der Waals surface area contributed by atoms with Crippen LogP contribution in [0.2, 0.25) is 0 Å². The minimum Gasteiger partial charge on any atom is -0.397 e. The molecule has 0 atom stereocenters. The first-order chi connectivity index (χ1) is 11.6. The predicted octanol–water partition coefficient (Wildman–Crippen LogP) is 4.09. The Morgan fingerprint density at radius 3 is 2.50 bits per heavy atom. The quantitative estimate of drug-likeness (QED) is 0.605. The molecule has 0 aliphatic carbocycles. The summed E-state index contributed by atoms with van der Waals surface area (Å²) in [4.78, 5) is 8.85. The first-order valence-corrected chi connectivity index (χ1v) is 7.57. The summed E-state index contributed by atoms with van der Waals surface area (Å²) in [6, 6.07) is 12.1. The molecule has 4 nitrogen and oxygen atoms in total. The minimum atomic E-state index is -0.271. The van der Waals surface area contributed by atoms with Crippen molar-refractivity contribution in [3.8, 4) is 22.4 Å². The van der Waals surface area contributed by atoms with Gasteiger partial charge in [-0.2, -0.15) is 0 Å². The van der Waals surface area contributed by atoms with E-state index in [0.717, 1.165) is 33.7 Å². The first kappa shape index (κ1) is 14.4. The van der Waals surface area contributed by atoms with Crippen molar-refractivity contribution in [2.75, 3.05) is 5.73 Å². The Hall–Kier alpha value is -3.21. The number of nitrogen functional groups attached to an aromatic ring is 1. The van der Waals surface area contributed by atoms with Crippen molar-refractivity contribution in [3.63, 3.8) is 0 Å². The molecule has 2 N–H and O–H groups in total. The normalized spacial score (nSPS) is 11.1. The fourth-order valence-corrected chi connectivity index (χ4v) is 2.80. The van der Waals surface area contributed by atoms with Gasteiger partial charge in [0.2, 0.25) is 0 Å². The summed E-state index contributed by atoms with van der Waals surface area (Å²) in [6.45, 7) is 2.00. The molecule has 118 valence electrons. The van der Waals surface area contributed by atoms with Crippen molar-refractivity contribution in [1.82, 2.24) is 14.4 Å². The molecule has 0 spiro atoms. The van der Waals surface area contributed by atoms with Crippen molar-refractivity contribution in [2.24, 2.45) is 0 Å². The number of aromatic nitrogens is 3. The van der Waals surface area contributed by atoms with Gasteiger partial charge in [0, 0.05) is 29.2 Å². The summed E-state index contributed by atoms with van der Waals surface area (Å²) in [6.07, 6.45) is 5.47. The third-order valence-corrected chi connectivity index (χ3v) is 4.03. The SMILES string of the molecule is Cc1cnc2ccc(-c3ncc(N)cc3-c3ccc(F)cc3)cn12. The molecule has 0 radical (unpaired) electrons. The topological polar surface area (TPSA) is 56.2 Å². The highest BCUT2D eigenvalue weighted by Crippen LogP contribution is 2.32. The van der Waals surface area contributed by atoms with E-state index in [-0.39, 0.29) is 5.82 Å². The summed E-state index contributed by atoms with van der Waals surface area (Å²) >= 11 is 0. The Labute approximate surface area is 138 Å².